The third-order valence-corrected chi connectivity index (χ3v) is 3.81. The van der Waals surface area contributed by atoms with Crippen LogP contribution in [0.25, 0.3) is 0 Å². The fraction of sp³-hybridized carbons (Fsp3) is 1.00. The van der Waals surface area contributed by atoms with E-state index in [9.17, 15) is 0 Å². The molecule has 2 N–H and O–H groups in total. The van der Waals surface area contributed by atoms with Crippen LogP contribution in [0.15, 0.2) is 0 Å². The third-order valence-electron chi connectivity index (χ3n) is 3.81. The van der Waals surface area contributed by atoms with Crippen molar-refractivity contribution in [3.63, 3.8) is 0 Å². The van der Waals surface area contributed by atoms with Crippen LogP contribution in [0.1, 0.15) is 32.1 Å². The lowest BCUT2D eigenvalue weighted by Gasteiger charge is -2.44. The van der Waals surface area contributed by atoms with Gasteiger partial charge in [0.25, 0.3) is 0 Å². The second kappa shape index (κ2) is 0.968. The molecule has 0 aromatic heterocycles. The first-order valence-electron chi connectivity index (χ1n) is 4.03. The summed E-state index contributed by atoms with van der Waals surface area (Å²) in [5.74, 6) is 0. The summed E-state index contributed by atoms with van der Waals surface area (Å²) < 4.78 is 0. The van der Waals surface area contributed by atoms with Crippen molar-refractivity contribution in [1.29, 1.82) is 0 Å². The van der Waals surface area contributed by atoms with E-state index < -0.39 is 0 Å². The highest BCUT2D eigenvalue weighted by atomic mass is 14.9. The molecule has 0 atom stereocenters. The highest BCUT2D eigenvalue weighted by molar-refractivity contribution is 5.24. The van der Waals surface area contributed by atoms with Gasteiger partial charge in [-0.1, -0.05) is 0 Å². The van der Waals surface area contributed by atoms with Crippen molar-refractivity contribution in [3.8, 4) is 0 Å². The summed E-state index contributed by atoms with van der Waals surface area (Å²) in [5, 5.41) is 0. The lowest BCUT2D eigenvalue weighted by Crippen LogP contribution is -2.51. The predicted octanol–water partition coefficient (Wildman–Crippen LogP) is 1.28. The van der Waals surface area contributed by atoms with Crippen molar-refractivity contribution in [2.75, 3.05) is 0 Å². The fourth-order valence-corrected chi connectivity index (χ4v) is 2.74. The molecule has 0 aromatic carbocycles. The van der Waals surface area contributed by atoms with Gasteiger partial charge in [-0.25, -0.2) is 0 Å². The summed E-state index contributed by atoms with van der Waals surface area (Å²) in [5.41, 5.74) is 7.47. The van der Waals surface area contributed by atoms with Crippen LogP contribution in [0.4, 0.5) is 0 Å². The van der Waals surface area contributed by atoms with E-state index >= 15 is 0 Å². The topological polar surface area (TPSA) is 26.0 Å². The molecule has 50 valence electrons. The maximum atomic E-state index is 6.06. The average molecular weight is 123 g/mol. The molecule has 0 saturated heterocycles. The van der Waals surface area contributed by atoms with Gasteiger partial charge >= 0.3 is 0 Å². The Hall–Kier alpha value is -0.0400. The Balaban J connectivity index is 1.89. The van der Waals surface area contributed by atoms with Gasteiger partial charge in [0.05, 0.1) is 0 Å². The zero-order valence-electron chi connectivity index (χ0n) is 5.69. The van der Waals surface area contributed by atoms with E-state index in [0.29, 0.717) is 16.9 Å². The Bertz CT molecular complexity index is 147. The highest BCUT2D eigenvalue weighted by Crippen LogP contribution is 2.76. The van der Waals surface area contributed by atoms with E-state index in [1.54, 1.807) is 0 Å². The minimum Gasteiger partial charge on any atom is -0.327 e. The van der Waals surface area contributed by atoms with Crippen molar-refractivity contribution in [1.82, 2.24) is 0 Å². The molecule has 0 unspecified atom stereocenters. The molecule has 0 bridgehead atoms. The van der Waals surface area contributed by atoms with Gasteiger partial charge in [0.15, 0.2) is 0 Å². The molecular formula is C8H13N. The third kappa shape index (κ3) is 0.362. The first-order chi connectivity index (χ1) is 4.28. The number of rotatable bonds is 0. The molecule has 0 heterocycles. The van der Waals surface area contributed by atoms with E-state index in [0.717, 1.165) is 0 Å². The molecule has 3 fully saturated rings. The second-order valence-electron chi connectivity index (χ2n) is 4.38. The SMILES string of the molecule is NC1C2(CC2)CC12CC2. The maximum Gasteiger partial charge on any atom is 0.0153 e. The van der Waals surface area contributed by atoms with E-state index in [1.165, 1.54) is 32.1 Å². The Kier molecular flexibility index (Phi) is 0.508. The zero-order chi connectivity index (χ0) is 6.11. The van der Waals surface area contributed by atoms with Crippen LogP contribution in [0.5, 0.6) is 0 Å². The quantitative estimate of drug-likeness (QED) is 0.516. The standard InChI is InChI=1S/C8H13N/c9-6-7(1-2-7)5-8(6)3-4-8/h6H,1-5,9H2. The van der Waals surface area contributed by atoms with Crippen LogP contribution in [0, 0.1) is 10.8 Å². The van der Waals surface area contributed by atoms with Gasteiger partial charge in [-0.2, -0.15) is 0 Å². The molecule has 3 aliphatic rings. The maximum absolute atomic E-state index is 6.06. The molecule has 0 aromatic rings. The van der Waals surface area contributed by atoms with Gasteiger partial charge in [0.2, 0.25) is 0 Å². The largest absolute Gasteiger partial charge is 0.327 e. The molecule has 0 aliphatic heterocycles. The molecule has 9 heavy (non-hydrogen) atoms. The van der Waals surface area contributed by atoms with Gasteiger partial charge in [-0.05, 0) is 42.9 Å². The van der Waals surface area contributed by atoms with Gasteiger partial charge in [-0.15, -0.1) is 0 Å². The van der Waals surface area contributed by atoms with Crippen LogP contribution in [-0.4, -0.2) is 6.04 Å². The average Bonchev–Trinajstić information content (AvgIpc) is 2.64. The molecule has 3 saturated carbocycles. The van der Waals surface area contributed by atoms with Gasteiger partial charge in [-0.3, -0.25) is 0 Å². The van der Waals surface area contributed by atoms with Crippen LogP contribution in [0.2, 0.25) is 0 Å². The smallest absolute Gasteiger partial charge is 0.0153 e. The monoisotopic (exact) mass is 123 g/mol. The normalized spacial score (nSPS) is 41.0. The molecule has 3 rings (SSSR count). The van der Waals surface area contributed by atoms with E-state index in [2.05, 4.69) is 0 Å². The van der Waals surface area contributed by atoms with Crippen molar-refractivity contribution in [2.24, 2.45) is 16.6 Å². The fourth-order valence-electron chi connectivity index (χ4n) is 2.74. The molecule has 1 nitrogen and oxygen atoms in total. The number of hydrogen-bond acceptors (Lipinski definition) is 1. The van der Waals surface area contributed by atoms with Crippen LogP contribution >= 0.6 is 0 Å². The van der Waals surface area contributed by atoms with Gasteiger partial charge < -0.3 is 5.73 Å². The molecule has 0 amide bonds. The van der Waals surface area contributed by atoms with E-state index in [-0.39, 0.29) is 0 Å². The highest BCUT2D eigenvalue weighted by Gasteiger charge is 2.71. The van der Waals surface area contributed by atoms with Crippen LogP contribution in [-0.2, 0) is 0 Å². The van der Waals surface area contributed by atoms with E-state index in [4.69, 9.17) is 5.73 Å². The van der Waals surface area contributed by atoms with Crippen molar-refractivity contribution >= 4 is 0 Å². The predicted molar refractivity (Wildman–Crippen MR) is 35.9 cm³/mol. The summed E-state index contributed by atoms with van der Waals surface area (Å²) in [7, 11) is 0. The minimum atomic E-state index is 0.616. The summed E-state index contributed by atoms with van der Waals surface area (Å²) >= 11 is 0. The summed E-state index contributed by atoms with van der Waals surface area (Å²) in [6.45, 7) is 0. The molecule has 0 radical (unpaired) electrons. The number of hydrogen-bond donors (Lipinski definition) is 1. The van der Waals surface area contributed by atoms with Crippen molar-refractivity contribution < 1.29 is 0 Å². The Morgan fingerprint density at radius 2 is 1.44 bits per heavy atom. The molecule has 2 spiro atoms. The zero-order valence-corrected chi connectivity index (χ0v) is 5.69. The molecule has 3 aliphatic carbocycles. The summed E-state index contributed by atoms with van der Waals surface area (Å²) in [6.07, 6.45) is 7.25. The van der Waals surface area contributed by atoms with Crippen molar-refractivity contribution in [2.45, 2.75) is 38.1 Å². The summed E-state index contributed by atoms with van der Waals surface area (Å²) in [6, 6.07) is 0.616. The first-order valence-corrected chi connectivity index (χ1v) is 4.03. The van der Waals surface area contributed by atoms with Crippen LogP contribution < -0.4 is 5.73 Å². The van der Waals surface area contributed by atoms with Gasteiger partial charge in [0.1, 0.15) is 0 Å². The lowest BCUT2D eigenvalue weighted by molar-refractivity contribution is 0.0969. The minimum absolute atomic E-state index is 0.616. The molecule has 1 heteroatoms. The molecular weight excluding hydrogens is 110 g/mol. The number of nitrogens with two attached hydrogens (primary N) is 1. The lowest BCUT2D eigenvalue weighted by atomic mass is 9.64. The Morgan fingerprint density at radius 1 is 1.00 bits per heavy atom. The van der Waals surface area contributed by atoms with Crippen molar-refractivity contribution in [3.05, 3.63) is 0 Å². The van der Waals surface area contributed by atoms with E-state index in [1.807, 2.05) is 0 Å². The van der Waals surface area contributed by atoms with Gasteiger partial charge in [0, 0.05) is 6.04 Å². The Labute approximate surface area is 55.6 Å². The second-order valence-corrected chi connectivity index (χ2v) is 4.38. The summed E-state index contributed by atoms with van der Waals surface area (Å²) in [4.78, 5) is 0. The van der Waals surface area contributed by atoms with Crippen LogP contribution in [0.3, 0.4) is 0 Å². The Morgan fingerprint density at radius 3 is 1.67 bits per heavy atom. The first kappa shape index (κ1) is 4.73.